The van der Waals surface area contributed by atoms with Gasteiger partial charge in [-0.05, 0) is 24.6 Å². The van der Waals surface area contributed by atoms with Crippen LogP contribution in [-0.4, -0.2) is 26.3 Å². The van der Waals surface area contributed by atoms with Crippen molar-refractivity contribution in [3.05, 3.63) is 29.6 Å². The Morgan fingerprint density at radius 2 is 2.35 bits per heavy atom. The zero-order valence-electron chi connectivity index (χ0n) is 9.27. The van der Waals surface area contributed by atoms with Crippen molar-refractivity contribution >= 4 is 17.1 Å². The van der Waals surface area contributed by atoms with Crippen molar-refractivity contribution in [3.63, 3.8) is 0 Å². The third-order valence-electron chi connectivity index (χ3n) is 2.50. The van der Waals surface area contributed by atoms with Gasteiger partial charge in [-0.1, -0.05) is 6.07 Å². The van der Waals surface area contributed by atoms with Crippen molar-refractivity contribution in [2.45, 2.75) is 19.6 Å². The lowest BCUT2D eigenvalue weighted by Crippen LogP contribution is -2.25. The SMILES string of the molecule is CC(NC(=O)O)c1nc2ccc(CO)cc2[nH]1. The van der Waals surface area contributed by atoms with Crippen molar-refractivity contribution < 1.29 is 15.0 Å². The molecule has 0 bridgehead atoms. The van der Waals surface area contributed by atoms with Crippen LogP contribution in [0.2, 0.25) is 0 Å². The van der Waals surface area contributed by atoms with Gasteiger partial charge < -0.3 is 20.5 Å². The molecule has 0 aliphatic rings. The monoisotopic (exact) mass is 235 g/mol. The fourth-order valence-electron chi connectivity index (χ4n) is 1.63. The van der Waals surface area contributed by atoms with Crippen LogP contribution < -0.4 is 5.32 Å². The molecule has 4 N–H and O–H groups in total. The average molecular weight is 235 g/mol. The molecule has 17 heavy (non-hydrogen) atoms. The lowest BCUT2D eigenvalue weighted by atomic mass is 10.2. The molecular formula is C11H13N3O3. The van der Waals surface area contributed by atoms with E-state index in [1.165, 1.54) is 0 Å². The first-order chi connectivity index (χ1) is 8.10. The van der Waals surface area contributed by atoms with Gasteiger partial charge in [-0.15, -0.1) is 0 Å². The summed E-state index contributed by atoms with van der Waals surface area (Å²) in [6, 6.07) is 4.95. The molecule has 0 spiro atoms. The fourth-order valence-corrected chi connectivity index (χ4v) is 1.63. The second-order valence-electron chi connectivity index (χ2n) is 3.80. The molecule has 0 aliphatic carbocycles. The summed E-state index contributed by atoms with van der Waals surface area (Å²) in [6.45, 7) is 1.67. The predicted octanol–water partition coefficient (Wildman–Crippen LogP) is 1.38. The average Bonchev–Trinajstić information content (AvgIpc) is 2.70. The standard InChI is InChI=1S/C11H13N3O3/c1-6(12-11(16)17)10-13-8-3-2-7(5-15)4-9(8)14-10/h2-4,6,12,15H,5H2,1H3,(H,13,14)(H,16,17). The Morgan fingerprint density at radius 1 is 1.59 bits per heavy atom. The van der Waals surface area contributed by atoms with E-state index < -0.39 is 12.1 Å². The summed E-state index contributed by atoms with van der Waals surface area (Å²) in [4.78, 5) is 17.8. The van der Waals surface area contributed by atoms with Crippen LogP contribution in [0.5, 0.6) is 0 Å². The summed E-state index contributed by atoms with van der Waals surface area (Å²) < 4.78 is 0. The van der Waals surface area contributed by atoms with E-state index in [1.54, 1.807) is 25.1 Å². The van der Waals surface area contributed by atoms with Gasteiger partial charge in [0.1, 0.15) is 5.82 Å². The van der Waals surface area contributed by atoms with Crippen molar-refractivity contribution in [1.29, 1.82) is 0 Å². The Balaban J connectivity index is 2.33. The molecule has 1 aromatic heterocycles. The minimum atomic E-state index is -1.09. The smallest absolute Gasteiger partial charge is 0.405 e. The van der Waals surface area contributed by atoms with Gasteiger partial charge in [0.2, 0.25) is 0 Å². The normalized spacial score (nSPS) is 12.6. The molecule has 2 rings (SSSR count). The molecule has 0 aliphatic heterocycles. The largest absolute Gasteiger partial charge is 0.465 e. The van der Waals surface area contributed by atoms with Crippen LogP contribution in [0.3, 0.4) is 0 Å². The first-order valence-electron chi connectivity index (χ1n) is 5.19. The molecule has 2 aromatic rings. The van der Waals surface area contributed by atoms with E-state index in [0.29, 0.717) is 5.82 Å². The molecule has 0 fully saturated rings. The number of hydrogen-bond donors (Lipinski definition) is 4. The Hall–Kier alpha value is -2.08. The van der Waals surface area contributed by atoms with E-state index >= 15 is 0 Å². The number of benzene rings is 1. The lowest BCUT2D eigenvalue weighted by Gasteiger charge is -2.06. The van der Waals surface area contributed by atoms with E-state index in [2.05, 4.69) is 15.3 Å². The quantitative estimate of drug-likeness (QED) is 0.646. The molecule has 0 saturated heterocycles. The van der Waals surface area contributed by atoms with Crippen molar-refractivity contribution in [2.24, 2.45) is 0 Å². The second-order valence-corrected chi connectivity index (χ2v) is 3.80. The van der Waals surface area contributed by atoms with E-state index in [1.807, 2.05) is 0 Å². The third-order valence-corrected chi connectivity index (χ3v) is 2.50. The molecule has 1 unspecified atom stereocenters. The molecule has 1 aromatic carbocycles. The van der Waals surface area contributed by atoms with Crippen molar-refractivity contribution in [2.75, 3.05) is 0 Å². The Morgan fingerprint density at radius 3 is 3.00 bits per heavy atom. The number of aliphatic hydroxyl groups is 1. The first-order valence-corrected chi connectivity index (χ1v) is 5.19. The lowest BCUT2D eigenvalue weighted by molar-refractivity contribution is 0.190. The van der Waals surface area contributed by atoms with Gasteiger partial charge >= 0.3 is 6.09 Å². The van der Waals surface area contributed by atoms with E-state index in [9.17, 15) is 4.79 Å². The number of imidazole rings is 1. The number of aliphatic hydroxyl groups excluding tert-OH is 1. The topological polar surface area (TPSA) is 98.2 Å². The highest BCUT2D eigenvalue weighted by atomic mass is 16.4. The fraction of sp³-hybridized carbons (Fsp3) is 0.273. The molecule has 1 atom stereocenters. The highest BCUT2D eigenvalue weighted by molar-refractivity contribution is 5.76. The number of aromatic amines is 1. The summed E-state index contributed by atoms with van der Waals surface area (Å²) in [6.07, 6.45) is -1.09. The van der Waals surface area contributed by atoms with Crippen LogP contribution in [0.4, 0.5) is 4.79 Å². The maximum Gasteiger partial charge on any atom is 0.405 e. The Bertz CT molecular complexity index is 550. The van der Waals surface area contributed by atoms with Crippen molar-refractivity contribution in [1.82, 2.24) is 15.3 Å². The van der Waals surface area contributed by atoms with Gasteiger partial charge in [-0.2, -0.15) is 0 Å². The number of carboxylic acid groups (broad SMARTS) is 1. The summed E-state index contributed by atoms with van der Waals surface area (Å²) in [7, 11) is 0. The van der Waals surface area contributed by atoms with Gasteiger partial charge in [0, 0.05) is 0 Å². The number of amides is 1. The number of carbonyl (C=O) groups is 1. The summed E-state index contributed by atoms with van der Waals surface area (Å²) in [5.41, 5.74) is 2.31. The van der Waals surface area contributed by atoms with Crippen LogP contribution in [-0.2, 0) is 6.61 Å². The number of fused-ring (bicyclic) bond motifs is 1. The number of H-pyrrole nitrogens is 1. The predicted molar refractivity (Wildman–Crippen MR) is 61.6 cm³/mol. The third kappa shape index (κ3) is 2.36. The summed E-state index contributed by atoms with van der Waals surface area (Å²) in [5, 5.41) is 19.9. The molecule has 90 valence electrons. The molecule has 6 nitrogen and oxygen atoms in total. The molecule has 1 amide bonds. The van der Waals surface area contributed by atoms with E-state index in [4.69, 9.17) is 10.2 Å². The van der Waals surface area contributed by atoms with Crippen LogP contribution in [0.1, 0.15) is 24.4 Å². The molecule has 1 heterocycles. The molecule has 0 radical (unpaired) electrons. The molecule has 0 saturated carbocycles. The van der Waals surface area contributed by atoms with Gasteiger partial charge in [-0.3, -0.25) is 0 Å². The van der Waals surface area contributed by atoms with Gasteiger partial charge in [0.15, 0.2) is 0 Å². The van der Waals surface area contributed by atoms with Gasteiger partial charge in [-0.25, -0.2) is 9.78 Å². The van der Waals surface area contributed by atoms with Crippen LogP contribution in [0.25, 0.3) is 11.0 Å². The highest BCUT2D eigenvalue weighted by Gasteiger charge is 2.12. The number of nitrogens with zero attached hydrogens (tertiary/aromatic N) is 1. The number of nitrogens with one attached hydrogen (secondary N) is 2. The highest BCUT2D eigenvalue weighted by Crippen LogP contribution is 2.17. The summed E-state index contributed by atoms with van der Waals surface area (Å²) >= 11 is 0. The number of hydrogen-bond acceptors (Lipinski definition) is 3. The van der Waals surface area contributed by atoms with Gasteiger partial charge in [0.25, 0.3) is 0 Å². The Kier molecular flexibility index (Phi) is 2.97. The van der Waals surface area contributed by atoms with Crippen LogP contribution >= 0.6 is 0 Å². The van der Waals surface area contributed by atoms with Crippen LogP contribution in [0, 0.1) is 0 Å². The summed E-state index contributed by atoms with van der Waals surface area (Å²) in [5.74, 6) is 0.553. The zero-order chi connectivity index (χ0) is 12.4. The van der Waals surface area contributed by atoms with Gasteiger partial charge in [0.05, 0.1) is 23.7 Å². The molecule has 6 heteroatoms. The van der Waals surface area contributed by atoms with Crippen LogP contribution in [0.15, 0.2) is 18.2 Å². The molecular weight excluding hydrogens is 222 g/mol. The second kappa shape index (κ2) is 4.42. The first kappa shape index (κ1) is 11.4. The van der Waals surface area contributed by atoms with E-state index in [0.717, 1.165) is 16.6 Å². The van der Waals surface area contributed by atoms with Crippen molar-refractivity contribution in [3.8, 4) is 0 Å². The number of rotatable bonds is 3. The van der Waals surface area contributed by atoms with E-state index in [-0.39, 0.29) is 6.61 Å². The maximum atomic E-state index is 10.5. The minimum absolute atomic E-state index is 0.0345. The number of aromatic nitrogens is 2. The maximum absolute atomic E-state index is 10.5. The zero-order valence-corrected chi connectivity index (χ0v) is 9.27. The Labute approximate surface area is 97.3 Å². The minimum Gasteiger partial charge on any atom is -0.465 e.